The van der Waals surface area contributed by atoms with E-state index in [2.05, 4.69) is 21.2 Å². The summed E-state index contributed by atoms with van der Waals surface area (Å²) in [5.74, 6) is -0.170. The highest BCUT2D eigenvalue weighted by atomic mass is 79.9. The molecule has 2 aromatic rings. The fourth-order valence-corrected chi connectivity index (χ4v) is 3.25. The summed E-state index contributed by atoms with van der Waals surface area (Å²) < 4.78 is 0.969. The number of anilines is 1. The Bertz CT molecular complexity index is 795. The molecular weight excluding hydrogens is 406 g/mol. The quantitative estimate of drug-likeness (QED) is 0.723. The third kappa shape index (κ3) is 6.19. The van der Waals surface area contributed by atoms with Gasteiger partial charge in [-0.2, -0.15) is 0 Å². The normalized spacial score (nSPS) is 11.9. The number of nitrogens with zero attached hydrogens (tertiary/aromatic N) is 2. The van der Waals surface area contributed by atoms with Crippen LogP contribution in [-0.2, 0) is 9.59 Å². The Balaban J connectivity index is 1.87. The first-order valence-corrected chi connectivity index (χ1v) is 9.62. The third-order valence-corrected chi connectivity index (χ3v) is 5.03. The van der Waals surface area contributed by atoms with Crippen molar-refractivity contribution in [1.29, 1.82) is 0 Å². The maximum atomic E-state index is 12.5. The molecule has 1 N–H and O–H groups in total. The van der Waals surface area contributed by atoms with Crippen LogP contribution >= 0.6 is 15.9 Å². The second-order valence-corrected chi connectivity index (χ2v) is 7.69. The number of hydrogen-bond donors (Lipinski definition) is 1. The molecule has 0 aliphatic heterocycles. The number of carbonyl (C=O) groups excluding carboxylic acids is 2. The van der Waals surface area contributed by atoms with Gasteiger partial charge in [-0.3, -0.25) is 14.5 Å². The van der Waals surface area contributed by atoms with Gasteiger partial charge in [0.2, 0.25) is 11.8 Å². The molecule has 1 atom stereocenters. The van der Waals surface area contributed by atoms with Crippen LogP contribution in [0.5, 0.6) is 0 Å². The average Bonchev–Trinajstić information content (AvgIpc) is 2.63. The minimum Gasteiger partial charge on any atom is -0.338 e. The zero-order chi connectivity index (χ0) is 20.0. The van der Waals surface area contributed by atoms with Crippen molar-refractivity contribution in [3.05, 3.63) is 64.1 Å². The summed E-state index contributed by atoms with van der Waals surface area (Å²) in [6.45, 7) is 4.26. The molecule has 0 aromatic heterocycles. The van der Waals surface area contributed by atoms with Crippen LogP contribution < -0.4 is 5.32 Å². The van der Waals surface area contributed by atoms with Crippen LogP contribution in [0.2, 0.25) is 0 Å². The van der Waals surface area contributed by atoms with Gasteiger partial charge in [0, 0.05) is 17.2 Å². The lowest BCUT2D eigenvalue weighted by Gasteiger charge is -2.27. The second-order valence-electron chi connectivity index (χ2n) is 6.77. The molecule has 0 radical (unpaired) electrons. The summed E-state index contributed by atoms with van der Waals surface area (Å²) in [6, 6.07) is 15.6. The minimum absolute atomic E-state index is 0.0219. The molecule has 1 unspecified atom stereocenters. The number of hydrogen-bond acceptors (Lipinski definition) is 3. The van der Waals surface area contributed by atoms with Crippen LogP contribution in [0.3, 0.4) is 0 Å². The van der Waals surface area contributed by atoms with Gasteiger partial charge in [-0.1, -0.05) is 46.3 Å². The van der Waals surface area contributed by atoms with E-state index in [1.807, 2.05) is 62.4 Å². The summed E-state index contributed by atoms with van der Waals surface area (Å²) in [7, 11) is 3.56. The van der Waals surface area contributed by atoms with Gasteiger partial charge in [-0.05, 0) is 50.2 Å². The maximum Gasteiger partial charge on any atom is 0.238 e. The summed E-state index contributed by atoms with van der Waals surface area (Å²) in [5.41, 5.74) is 2.84. The molecule has 0 aliphatic rings. The van der Waals surface area contributed by atoms with Crippen molar-refractivity contribution in [2.45, 2.75) is 19.9 Å². The molecule has 2 rings (SSSR count). The first-order chi connectivity index (χ1) is 12.8. The van der Waals surface area contributed by atoms with Gasteiger partial charge in [0.05, 0.1) is 19.1 Å². The fourth-order valence-electron chi connectivity index (χ4n) is 2.77. The van der Waals surface area contributed by atoms with E-state index in [0.717, 1.165) is 21.3 Å². The Hall–Kier alpha value is -2.18. The number of carbonyl (C=O) groups is 2. The van der Waals surface area contributed by atoms with Crippen molar-refractivity contribution in [1.82, 2.24) is 9.80 Å². The lowest BCUT2D eigenvalue weighted by molar-refractivity contribution is -0.133. The average molecular weight is 432 g/mol. The van der Waals surface area contributed by atoms with Crippen LogP contribution in [0.4, 0.5) is 5.69 Å². The van der Waals surface area contributed by atoms with Gasteiger partial charge in [-0.15, -0.1) is 0 Å². The van der Waals surface area contributed by atoms with E-state index in [1.165, 1.54) is 0 Å². The number of nitrogens with one attached hydrogen (secondary N) is 1. The van der Waals surface area contributed by atoms with Crippen LogP contribution in [0.15, 0.2) is 53.0 Å². The molecule has 0 spiro atoms. The molecule has 6 heteroatoms. The fraction of sp³-hybridized carbons (Fsp3) is 0.333. The monoisotopic (exact) mass is 431 g/mol. The van der Waals surface area contributed by atoms with Crippen molar-refractivity contribution in [2.75, 3.05) is 32.5 Å². The Morgan fingerprint density at radius 3 is 2.37 bits per heavy atom. The van der Waals surface area contributed by atoms with Crippen molar-refractivity contribution in [3.63, 3.8) is 0 Å². The van der Waals surface area contributed by atoms with E-state index in [0.29, 0.717) is 0 Å². The number of amides is 2. The molecule has 2 aromatic carbocycles. The number of aryl methyl sites for hydroxylation is 1. The highest BCUT2D eigenvalue weighted by Gasteiger charge is 2.19. The van der Waals surface area contributed by atoms with E-state index < -0.39 is 0 Å². The lowest BCUT2D eigenvalue weighted by atomic mass is 10.1. The van der Waals surface area contributed by atoms with Gasteiger partial charge < -0.3 is 10.2 Å². The predicted molar refractivity (Wildman–Crippen MR) is 113 cm³/mol. The first kappa shape index (κ1) is 21.1. The van der Waals surface area contributed by atoms with Crippen molar-refractivity contribution in [3.8, 4) is 0 Å². The molecular formula is C21H26BrN3O2. The largest absolute Gasteiger partial charge is 0.338 e. The molecule has 0 aliphatic carbocycles. The Labute approximate surface area is 169 Å². The topological polar surface area (TPSA) is 52.7 Å². The lowest BCUT2D eigenvalue weighted by Crippen LogP contribution is -2.40. The van der Waals surface area contributed by atoms with E-state index in [-0.39, 0.29) is 30.9 Å². The van der Waals surface area contributed by atoms with Crippen molar-refractivity contribution < 1.29 is 9.59 Å². The van der Waals surface area contributed by atoms with Crippen LogP contribution in [0.25, 0.3) is 0 Å². The summed E-state index contributed by atoms with van der Waals surface area (Å²) in [5, 5.41) is 2.89. The van der Waals surface area contributed by atoms with Gasteiger partial charge in [0.25, 0.3) is 0 Å². The maximum absolute atomic E-state index is 12.5. The Kier molecular flexibility index (Phi) is 7.56. The van der Waals surface area contributed by atoms with Gasteiger partial charge >= 0.3 is 0 Å². The van der Waals surface area contributed by atoms with Gasteiger partial charge in [0.1, 0.15) is 0 Å². The summed E-state index contributed by atoms with van der Waals surface area (Å²) in [4.78, 5) is 28.3. The smallest absolute Gasteiger partial charge is 0.238 e. The summed E-state index contributed by atoms with van der Waals surface area (Å²) in [6.07, 6.45) is 0. The van der Waals surface area contributed by atoms with Crippen molar-refractivity contribution in [2.24, 2.45) is 0 Å². The Morgan fingerprint density at radius 1 is 1.07 bits per heavy atom. The van der Waals surface area contributed by atoms with E-state index in [1.54, 1.807) is 23.9 Å². The third-order valence-electron chi connectivity index (χ3n) is 4.54. The van der Waals surface area contributed by atoms with E-state index in [9.17, 15) is 9.59 Å². The van der Waals surface area contributed by atoms with Crippen LogP contribution in [0, 0.1) is 6.92 Å². The molecule has 0 fully saturated rings. The zero-order valence-corrected chi connectivity index (χ0v) is 17.8. The first-order valence-electron chi connectivity index (χ1n) is 8.83. The second kappa shape index (κ2) is 9.67. The zero-order valence-electron chi connectivity index (χ0n) is 16.2. The number of benzene rings is 2. The molecule has 144 valence electrons. The van der Waals surface area contributed by atoms with Crippen LogP contribution in [-0.4, -0.2) is 48.8 Å². The number of halogens is 1. The SMILES string of the molecule is Cc1cc(Br)ccc1NC(=O)CN(C)CC(=O)N(C)C(C)c1ccccc1. The number of likely N-dealkylation sites (N-methyl/N-ethyl adjacent to an activating group) is 2. The standard InChI is InChI=1S/C21H26BrN3O2/c1-15-12-18(22)10-11-19(15)23-20(26)13-24(3)14-21(27)25(4)16(2)17-8-6-5-7-9-17/h5-12,16H,13-14H2,1-4H3,(H,23,26). The predicted octanol–water partition coefficient (Wildman–Crippen LogP) is 3.85. The highest BCUT2D eigenvalue weighted by molar-refractivity contribution is 9.10. The molecule has 5 nitrogen and oxygen atoms in total. The Morgan fingerprint density at radius 2 is 1.74 bits per heavy atom. The number of rotatable bonds is 7. The molecule has 27 heavy (non-hydrogen) atoms. The van der Waals surface area contributed by atoms with Crippen molar-refractivity contribution >= 4 is 33.4 Å². The van der Waals surface area contributed by atoms with Gasteiger partial charge in [-0.25, -0.2) is 0 Å². The van der Waals surface area contributed by atoms with Crippen LogP contribution in [0.1, 0.15) is 24.1 Å². The van der Waals surface area contributed by atoms with Gasteiger partial charge in [0.15, 0.2) is 0 Å². The molecule has 0 heterocycles. The molecule has 2 amide bonds. The highest BCUT2D eigenvalue weighted by Crippen LogP contribution is 2.20. The minimum atomic E-state index is -0.144. The summed E-state index contributed by atoms with van der Waals surface area (Å²) >= 11 is 3.41. The molecule has 0 saturated heterocycles. The van der Waals surface area contributed by atoms with E-state index in [4.69, 9.17) is 0 Å². The molecule has 0 bridgehead atoms. The molecule has 0 saturated carbocycles. The van der Waals surface area contributed by atoms with E-state index >= 15 is 0 Å².